The summed E-state index contributed by atoms with van der Waals surface area (Å²) in [5, 5.41) is 34.6. The first kappa shape index (κ1) is 74.4. The highest BCUT2D eigenvalue weighted by molar-refractivity contribution is 7.91. The molecule has 9 aromatic heterocycles. The molecule has 1 aliphatic heterocycles. The third-order valence-electron chi connectivity index (χ3n) is 17.2. The summed E-state index contributed by atoms with van der Waals surface area (Å²) < 4.78 is 127. The number of rotatable bonds is 15. The molecule has 11 aromatic rings. The molecule has 0 radical (unpaired) electrons. The number of ether oxygens (including phenoxy) is 1. The minimum atomic E-state index is -4.07. The van der Waals surface area contributed by atoms with Crippen molar-refractivity contribution in [1.82, 2.24) is 57.8 Å². The predicted octanol–water partition coefficient (Wildman–Crippen LogP) is 13.1. The molecule has 2 aromatic carbocycles. The second-order valence-corrected chi connectivity index (χ2v) is 31.3. The van der Waals surface area contributed by atoms with Crippen molar-refractivity contribution in [2.24, 2.45) is 11.8 Å². The van der Waals surface area contributed by atoms with Gasteiger partial charge in [0.15, 0.2) is 72.7 Å². The van der Waals surface area contributed by atoms with Gasteiger partial charge < -0.3 is 30.6 Å². The average molecular weight is 1530 g/mol. The molecular weight excluding hydrogens is 1460 g/mol. The highest BCUT2D eigenvalue weighted by Gasteiger charge is 2.35. The Morgan fingerprint density at radius 3 is 1.45 bits per heavy atom. The number of H-pyrrole nitrogens is 1. The van der Waals surface area contributed by atoms with Crippen LogP contribution in [0.1, 0.15) is 81.8 Å². The monoisotopic (exact) mass is 1520 g/mol. The van der Waals surface area contributed by atoms with Crippen LogP contribution in [0.15, 0.2) is 137 Å². The number of carboxylic acid groups (broad SMARTS) is 2. The van der Waals surface area contributed by atoms with E-state index >= 15 is 0 Å². The molecule has 0 spiro atoms. The maximum atomic E-state index is 14.7. The number of nitrogens with one attached hydrogen (secondary N) is 3. The Balaban J connectivity index is 0.000000148. The first-order chi connectivity index (χ1) is 49.1. The number of aromatic amines is 1. The van der Waals surface area contributed by atoms with E-state index in [4.69, 9.17) is 44.8 Å². The van der Waals surface area contributed by atoms with E-state index in [1.54, 1.807) is 42.6 Å². The van der Waals surface area contributed by atoms with Crippen molar-refractivity contribution in [1.29, 1.82) is 5.26 Å². The van der Waals surface area contributed by atoms with E-state index in [1.807, 2.05) is 13.8 Å². The lowest BCUT2D eigenvalue weighted by Crippen LogP contribution is -2.37. The molecule has 1 saturated heterocycles. The van der Waals surface area contributed by atoms with Crippen LogP contribution in [0.5, 0.6) is 0 Å². The van der Waals surface area contributed by atoms with Gasteiger partial charge in [0.2, 0.25) is 0 Å². The fourth-order valence-electron chi connectivity index (χ4n) is 12.0. The number of nitriles is 1. The van der Waals surface area contributed by atoms with Gasteiger partial charge in [-0.2, -0.15) is 5.26 Å². The van der Waals surface area contributed by atoms with Gasteiger partial charge in [-0.3, -0.25) is 9.59 Å². The number of benzene rings is 2. The van der Waals surface area contributed by atoms with Gasteiger partial charge in [0.1, 0.15) is 5.65 Å². The summed E-state index contributed by atoms with van der Waals surface area (Å²) in [6, 6.07) is 18.6. The SMILES string of the molecule is Cc1ccc(S(=O)(=O)n2cc(-c3ncc(F)c(N[C@H]4CCCC[C@@H]4C(=O)O)n3)c3cc(Cl)cnc32)cc1.Cc1ccc(S(=O)(=O)n2cc(-c3ncc(F)c(S(C)(=O)=O)n3)c3cc(Cl)cnc32)cc1.N#CCC1CCCO1.O=C(O)[C@H]1CCCC[C@@H]1Nc1nc(-c2c[nH]c3ncc(Cl)cc23)ncc1F. The van der Waals surface area contributed by atoms with Crippen molar-refractivity contribution in [2.45, 2.75) is 117 Å². The lowest BCUT2D eigenvalue weighted by atomic mass is 9.84. The molecule has 10 heterocycles. The molecule has 0 amide bonds. The van der Waals surface area contributed by atoms with E-state index in [-0.39, 0.29) is 83.1 Å². The van der Waals surface area contributed by atoms with Crippen LogP contribution in [0.3, 0.4) is 0 Å². The second-order valence-electron chi connectivity index (χ2n) is 24.5. The maximum Gasteiger partial charge on any atom is 0.308 e. The van der Waals surface area contributed by atoms with Gasteiger partial charge in [-0.05, 0) is 94.8 Å². The minimum absolute atomic E-state index is 0.00230. The molecule has 0 bridgehead atoms. The number of aliphatic carboxylic acids is 2. The number of carboxylic acids is 2. The summed E-state index contributed by atoms with van der Waals surface area (Å²) >= 11 is 18.2. The van der Waals surface area contributed by atoms with E-state index in [0.29, 0.717) is 65.7 Å². The number of pyridine rings is 3. The number of aryl methyl sites for hydroxylation is 2. The predicted molar refractivity (Wildman–Crippen MR) is 377 cm³/mol. The van der Waals surface area contributed by atoms with E-state index in [1.165, 1.54) is 61.3 Å². The van der Waals surface area contributed by atoms with Gasteiger partial charge in [0, 0.05) is 95.0 Å². The van der Waals surface area contributed by atoms with Crippen LogP contribution in [0.25, 0.3) is 67.3 Å². The van der Waals surface area contributed by atoms with Crippen LogP contribution in [0.2, 0.25) is 15.1 Å². The summed E-state index contributed by atoms with van der Waals surface area (Å²) in [5.74, 6) is -5.53. The Morgan fingerprint density at radius 2 is 1.01 bits per heavy atom. The van der Waals surface area contributed by atoms with Crippen LogP contribution in [0, 0.1) is 54.5 Å². The summed E-state index contributed by atoms with van der Waals surface area (Å²) in [7, 11) is -12.1. The molecule has 3 fully saturated rings. The molecule has 3 aliphatic rings. The van der Waals surface area contributed by atoms with E-state index in [0.717, 1.165) is 88.2 Å². The van der Waals surface area contributed by atoms with Crippen LogP contribution in [0.4, 0.5) is 24.8 Å². The molecule has 35 heteroatoms. The molecule has 5 atom stereocenters. The Hall–Kier alpha value is -9.75. The first-order valence-electron chi connectivity index (χ1n) is 32.0. The normalized spacial score (nSPS) is 17.6. The number of halogens is 6. The summed E-state index contributed by atoms with van der Waals surface area (Å²) in [6.07, 6.45) is 20.6. The van der Waals surface area contributed by atoms with Gasteiger partial charge in [-0.25, -0.2) is 91.2 Å². The number of aromatic nitrogens is 12. The van der Waals surface area contributed by atoms with Gasteiger partial charge in [0.05, 0.1) is 73.9 Å². The Bertz CT molecular complexity index is 5440. The third kappa shape index (κ3) is 16.8. The Morgan fingerprint density at radius 1 is 0.583 bits per heavy atom. The van der Waals surface area contributed by atoms with Crippen molar-refractivity contribution >= 4 is 121 Å². The topological polar surface area (TPSA) is 376 Å². The highest BCUT2D eigenvalue weighted by atomic mass is 35.5. The lowest BCUT2D eigenvalue weighted by Gasteiger charge is -2.29. The van der Waals surface area contributed by atoms with Crippen LogP contribution >= 0.6 is 34.8 Å². The molecule has 2 saturated carbocycles. The fourth-order valence-corrected chi connectivity index (χ4v) is 15.8. The molecule has 103 heavy (non-hydrogen) atoms. The lowest BCUT2D eigenvalue weighted by molar-refractivity contribution is -0.144. The van der Waals surface area contributed by atoms with Crippen molar-refractivity contribution in [2.75, 3.05) is 23.5 Å². The van der Waals surface area contributed by atoms with Gasteiger partial charge in [-0.1, -0.05) is 95.9 Å². The molecular formula is C68H63Cl3F3N15O11S3. The number of nitrogens with zero attached hydrogens (tertiary/aromatic N) is 12. The van der Waals surface area contributed by atoms with Gasteiger partial charge in [-0.15, -0.1) is 0 Å². The van der Waals surface area contributed by atoms with E-state index in [2.05, 4.69) is 66.5 Å². The quantitative estimate of drug-likeness (QED) is 0.0595. The summed E-state index contributed by atoms with van der Waals surface area (Å²) in [5.41, 5.74) is 3.61. The summed E-state index contributed by atoms with van der Waals surface area (Å²) in [6.45, 7) is 4.54. The Kier molecular flexibility index (Phi) is 22.7. The first-order valence-corrected chi connectivity index (χ1v) is 37.9. The smallest absolute Gasteiger partial charge is 0.308 e. The third-order valence-corrected chi connectivity index (χ3v) is 22.2. The molecule has 536 valence electrons. The van der Waals surface area contributed by atoms with Gasteiger partial charge >= 0.3 is 11.9 Å². The zero-order valence-electron chi connectivity index (χ0n) is 54.8. The van der Waals surface area contributed by atoms with Gasteiger partial charge in [0.25, 0.3) is 20.0 Å². The molecule has 5 N–H and O–H groups in total. The maximum absolute atomic E-state index is 14.7. The van der Waals surface area contributed by atoms with Crippen LogP contribution in [-0.2, 0) is 44.2 Å². The number of sulfone groups is 1. The standard InChI is InChI=1S/C25H23ClFN5O4S.C19H14ClFN4O4S2.C18H17ClFN5O2.C6H9NO/c1-14-6-8-16(9-7-14)37(35,36)32-13-19(18-10-15(26)11-29-24(18)32)22-28-12-20(27)23(31-22)30-21-5-3-2-4-17(21)25(33)34;1-11-3-5-13(6-4-11)31(28,29)25-10-15(14-7-12(20)8-23-18(14)25)17-22-9-16(21)19(24-17)30(2,26)27;19-9-5-11-12(7-22-15(11)21-6-9)16-23-8-13(20)17(25-16)24-14-4-2-1-3-10(14)18(26)27;7-4-3-6-2-1-5-8-6/h6-13,17,21H,2-5H2,1H3,(H,33,34)(H,28,30,31);3-10H,1-2H3;5-8,10,14H,1-4H2,(H,21,22)(H,26,27)(H,23,24,25);6H,1-3,5H2/t17-,21-;;10-,14-;/m0.0./s1. The fraction of sp³-hybridized carbons (Fsp3) is 0.294. The number of anilines is 2. The Labute approximate surface area is 602 Å². The molecule has 1 unspecified atom stereocenters. The summed E-state index contributed by atoms with van der Waals surface area (Å²) in [4.78, 5) is 63.3. The average Bonchev–Trinajstić information content (AvgIpc) is 1.61. The van der Waals surface area contributed by atoms with E-state index < -0.39 is 82.2 Å². The molecule has 14 rings (SSSR count). The number of hydrogen-bond acceptors (Lipinski definition) is 21. The zero-order chi connectivity index (χ0) is 73.7. The van der Waals surface area contributed by atoms with Crippen molar-refractivity contribution in [3.05, 3.63) is 166 Å². The van der Waals surface area contributed by atoms with Crippen molar-refractivity contribution < 1.29 is 63.0 Å². The number of carbonyl (C=O) groups is 2. The van der Waals surface area contributed by atoms with Crippen LogP contribution in [-0.4, -0.2) is 136 Å². The highest BCUT2D eigenvalue weighted by Crippen LogP contribution is 2.37. The zero-order valence-corrected chi connectivity index (χ0v) is 59.6. The number of hydrogen-bond donors (Lipinski definition) is 5. The second kappa shape index (κ2) is 31.5. The minimum Gasteiger partial charge on any atom is -0.481 e. The van der Waals surface area contributed by atoms with E-state index in [9.17, 15) is 58.2 Å². The largest absolute Gasteiger partial charge is 0.481 e. The van der Waals surface area contributed by atoms with Crippen LogP contribution < -0.4 is 10.6 Å². The molecule has 2 aliphatic carbocycles. The number of fused-ring (bicyclic) bond motifs is 3. The van der Waals surface area contributed by atoms with Crippen molar-refractivity contribution in [3.63, 3.8) is 0 Å². The molecule has 26 nitrogen and oxygen atoms in total. The van der Waals surface area contributed by atoms with Crippen molar-refractivity contribution in [3.8, 4) is 40.2 Å².